The van der Waals surface area contributed by atoms with Crippen molar-refractivity contribution < 1.29 is 0 Å². The Labute approximate surface area is 174 Å². The molecule has 1 fully saturated rings. The summed E-state index contributed by atoms with van der Waals surface area (Å²) in [4.78, 5) is 13.2. The van der Waals surface area contributed by atoms with E-state index in [1.807, 2.05) is 0 Å². The van der Waals surface area contributed by atoms with Crippen molar-refractivity contribution in [2.24, 2.45) is 4.99 Å². The average Bonchev–Trinajstić information content (AvgIpc) is 2.87. The number of nitrogens with one attached hydrogen (secondary N) is 2. The van der Waals surface area contributed by atoms with E-state index < -0.39 is 0 Å². The van der Waals surface area contributed by atoms with Crippen LogP contribution in [0, 0.1) is 13.8 Å². The molecule has 0 radical (unpaired) electrons. The summed E-state index contributed by atoms with van der Waals surface area (Å²) >= 11 is 1.79. The number of nitrogens with zero attached hydrogens (tertiary/aromatic N) is 3. The zero-order valence-corrected chi connectivity index (χ0v) is 19.2. The third-order valence-corrected chi connectivity index (χ3v) is 5.55. The molecule has 25 heavy (non-hydrogen) atoms. The molecule has 0 aliphatic carbocycles. The van der Waals surface area contributed by atoms with Crippen LogP contribution in [-0.2, 0) is 6.42 Å². The second kappa shape index (κ2) is 12.1. The minimum absolute atomic E-state index is 0. The summed E-state index contributed by atoms with van der Waals surface area (Å²) in [6.07, 6.45) is 4.64. The summed E-state index contributed by atoms with van der Waals surface area (Å²) in [6.45, 7) is 13.9. The van der Waals surface area contributed by atoms with Crippen LogP contribution < -0.4 is 10.6 Å². The Bertz CT molecular complexity index is 524. The maximum Gasteiger partial charge on any atom is 0.191 e. The quantitative estimate of drug-likeness (QED) is 0.358. The molecule has 7 heteroatoms. The van der Waals surface area contributed by atoms with Gasteiger partial charge in [-0.05, 0) is 46.6 Å². The van der Waals surface area contributed by atoms with Crippen molar-refractivity contribution in [3.05, 3.63) is 15.6 Å². The van der Waals surface area contributed by atoms with Gasteiger partial charge in [0.25, 0.3) is 0 Å². The standard InChI is InChI=1S/C18H33N5S.HI/c1-5-11-23-12-8-16(9-13-23)22-18(19-6-2)20-10-7-17-14(3)21-15(4)24-17;/h16H,5-13H2,1-4H3,(H2,19,20,22);1H. The molecule has 1 aromatic heterocycles. The monoisotopic (exact) mass is 479 g/mol. The van der Waals surface area contributed by atoms with E-state index in [4.69, 9.17) is 4.99 Å². The molecule has 0 saturated carbocycles. The van der Waals surface area contributed by atoms with Gasteiger partial charge in [0.2, 0.25) is 0 Å². The first-order valence-corrected chi connectivity index (χ1v) is 10.1. The van der Waals surface area contributed by atoms with Crippen molar-refractivity contribution in [3.63, 3.8) is 0 Å². The fraction of sp³-hybridized carbons (Fsp3) is 0.778. The molecular formula is C18H34IN5S. The Morgan fingerprint density at radius 3 is 2.56 bits per heavy atom. The van der Waals surface area contributed by atoms with E-state index in [1.165, 1.54) is 43.8 Å². The molecule has 1 aliphatic rings. The molecule has 0 atom stereocenters. The van der Waals surface area contributed by atoms with Crippen LogP contribution in [0.15, 0.2) is 4.99 Å². The van der Waals surface area contributed by atoms with Gasteiger partial charge in [0, 0.05) is 43.5 Å². The summed E-state index contributed by atoms with van der Waals surface area (Å²) in [5.74, 6) is 0.963. The molecule has 1 aliphatic heterocycles. The molecule has 2 rings (SSSR count). The first-order chi connectivity index (χ1) is 11.6. The summed E-state index contributed by atoms with van der Waals surface area (Å²) in [5.41, 5.74) is 1.16. The van der Waals surface area contributed by atoms with Gasteiger partial charge >= 0.3 is 0 Å². The molecule has 0 amide bonds. The summed E-state index contributed by atoms with van der Waals surface area (Å²) < 4.78 is 0. The highest BCUT2D eigenvalue weighted by atomic mass is 127. The van der Waals surface area contributed by atoms with Gasteiger partial charge in [-0.1, -0.05) is 6.92 Å². The van der Waals surface area contributed by atoms with E-state index in [9.17, 15) is 0 Å². The van der Waals surface area contributed by atoms with Crippen molar-refractivity contribution in [3.8, 4) is 0 Å². The molecule has 144 valence electrons. The minimum atomic E-state index is 0. The first-order valence-electron chi connectivity index (χ1n) is 9.32. The van der Waals surface area contributed by atoms with Crippen LogP contribution in [0.5, 0.6) is 0 Å². The van der Waals surface area contributed by atoms with Crippen LogP contribution in [0.25, 0.3) is 0 Å². The van der Waals surface area contributed by atoms with Crippen molar-refractivity contribution in [1.82, 2.24) is 20.5 Å². The second-order valence-electron chi connectivity index (χ2n) is 6.51. The number of rotatable bonds is 7. The zero-order chi connectivity index (χ0) is 17.4. The summed E-state index contributed by atoms with van der Waals surface area (Å²) in [6, 6.07) is 0.545. The molecule has 0 spiro atoms. The number of aromatic nitrogens is 1. The van der Waals surface area contributed by atoms with Gasteiger partial charge in [0.15, 0.2) is 5.96 Å². The molecule has 0 aromatic carbocycles. The lowest BCUT2D eigenvalue weighted by atomic mass is 10.1. The minimum Gasteiger partial charge on any atom is -0.357 e. The predicted octanol–water partition coefficient (Wildman–Crippen LogP) is 3.35. The summed E-state index contributed by atoms with van der Waals surface area (Å²) in [5, 5.41) is 8.16. The third kappa shape index (κ3) is 7.78. The number of piperidine rings is 1. The lowest BCUT2D eigenvalue weighted by Gasteiger charge is -2.32. The molecule has 2 heterocycles. The largest absolute Gasteiger partial charge is 0.357 e. The Kier molecular flexibility index (Phi) is 10.9. The second-order valence-corrected chi connectivity index (χ2v) is 7.80. The topological polar surface area (TPSA) is 52.5 Å². The Balaban J connectivity index is 0.00000312. The van der Waals surface area contributed by atoms with Gasteiger partial charge in [0.05, 0.1) is 10.7 Å². The van der Waals surface area contributed by atoms with Crippen LogP contribution in [0.2, 0.25) is 0 Å². The van der Waals surface area contributed by atoms with Crippen LogP contribution in [0.3, 0.4) is 0 Å². The van der Waals surface area contributed by atoms with E-state index in [2.05, 4.69) is 48.2 Å². The van der Waals surface area contributed by atoms with Gasteiger partial charge in [-0.2, -0.15) is 0 Å². The van der Waals surface area contributed by atoms with E-state index in [-0.39, 0.29) is 24.0 Å². The Morgan fingerprint density at radius 1 is 1.28 bits per heavy atom. The number of aryl methyl sites for hydroxylation is 2. The molecule has 1 saturated heterocycles. The van der Waals surface area contributed by atoms with Gasteiger partial charge < -0.3 is 15.5 Å². The lowest BCUT2D eigenvalue weighted by molar-refractivity contribution is 0.206. The van der Waals surface area contributed by atoms with Crippen molar-refractivity contribution >= 4 is 41.3 Å². The SMILES string of the molecule is CCCN1CCC(NC(=NCCc2sc(C)nc2C)NCC)CC1.I. The van der Waals surface area contributed by atoms with Gasteiger partial charge in [-0.3, -0.25) is 4.99 Å². The number of aliphatic imine (C=N–C) groups is 1. The van der Waals surface area contributed by atoms with Gasteiger partial charge in [-0.25, -0.2) is 4.98 Å². The normalized spacial score (nSPS) is 16.6. The molecular weight excluding hydrogens is 445 g/mol. The van der Waals surface area contributed by atoms with E-state index in [0.717, 1.165) is 36.2 Å². The molecule has 0 unspecified atom stereocenters. The highest BCUT2D eigenvalue weighted by Gasteiger charge is 2.19. The van der Waals surface area contributed by atoms with Gasteiger partial charge in [0.1, 0.15) is 0 Å². The number of halogens is 1. The van der Waals surface area contributed by atoms with Crippen molar-refractivity contribution in [2.45, 2.75) is 59.4 Å². The highest BCUT2D eigenvalue weighted by Crippen LogP contribution is 2.17. The highest BCUT2D eigenvalue weighted by molar-refractivity contribution is 14.0. The van der Waals surface area contributed by atoms with Crippen molar-refractivity contribution in [2.75, 3.05) is 32.7 Å². The van der Waals surface area contributed by atoms with Gasteiger partial charge in [-0.15, -0.1) is 35.3 Å². The zero-order valence-electron chi connectivity index (χ0n) is 16.1. The molecule has 1 aromatic rings. The molecule has 0 bridgehead atoms. The first kappa shape index (κ1) is 22.6. The van der Waals surface area contributed by atoms with E-state index >= 15 is 0 Å². The average molecular weight is 479 g/mol. The number of hydrogen-bond acceptors (Lipinski definition) is 4. The van der Waals surface area contributed by atoms with Crippen LogP contribution >= 0.6 is 35.3 Å². The number of hydrogen-bond donors (Lipinski definition) is 2. The molecule has 5 nitrogen and oxygen atoms in total. The number of thiazole rings is 1. The fourth-order valence-corrected chi connectivity index (χ4v) is 4.13. The molecule has 2 N–H and O–H groups in total. The summed E-state index contributed by atoms with van der Waals surface area (Å²) in [7, 11) is 0. The number of likely N-dealkylation sites (tertiary alicyclic amines) is 1. The van der Waals surface area contributed by atoms with Crippen LogP contribution in [0.4, 0.5) is 0 Å². The lowest BCUT2D eigenvalue weighted by Crippen LogP contribution is -2.48. The maximum absolute atomic E-state index is 4.77. The Hall–Kier alpha value is -0.410. The smallest absolute Gasteiger partial charge is 0.191 e. The maximum atomic E-state index is 4.77. The predicted molar refractivity (Wildman–Crippen MR) is 120 cm³/mol. The van der Waals surface area contributed by atoms with E-state index in [1.54, 1.807) is 11.3 Å². The van der Waals surface area contributed by atoms with E-state index in [0.29, 0.717) is 6.04 Å². The van der Waals surface area contributed by atoms with Crippen LogP contribution in [-0.4, -0.2) is 54.6 Å². The van der Waals surface area contributed by atoms with Crippen molar-refractivity contribution in [1.29, 1.82) is 0 Å². The number of guanidine groups is 1. The van der Waals surface area contributed by atoms with Crippen LogP contribution in [0.1, 0.15) is 48.7 Å². The Morgan fingerprint density at radius 2 is 2.00 bits per heavy atom. The fourth-order valence-electron chi connectivity index (χ4n) is 3.21. The third-order valence-electron chi connectivity index (χ3n) is 4.42.